The summed E-state index contributed by atoms with van der Waals surface area (Å²) in [5, 5.41) is 0. The van der Waals surface area contributed by atoms with Crippen molar-refractivity contribution in [1.82, 2.24) is 4.90 Å². The fourth-order valence-corrected chi connectivity index (χ4v) is 2.78. The first-order valence-corrected chi connectivity index (χ1v) is 11.1. The molecule has 0 aliphatic carbocycles. The number of hydrogen-bond acceptors (Lipinski definition) is 6. The van der Waals surface area contributed by atoms with Crippen molar-refractivity contribution in [3.63, 3.8) is 0 Å². The number of carbonyl (C=O) groups is 3. The third-order valence-corrected chi connectivity index (χ3v) is 5.17. The summed E-state index contributed by atoms with van der Waals surface area (Å²) in [7, 11) is 1.88. The minimum Gasteiger partial charge on any atom is -0.422 e. The van der Waals surface area contributed by atoms with Gasteiger partial charge in [0.1, 0.15) is 0 Å². The molecule has 0 bridgehead atoms. The summed E-state index contributed by atoms with van der Waals surface area (Å²) in [5.74, 6) is -0.930. The van der Waals surface area contributed by atoms with Crippen LogP contribution < -0.4 is 9.47 Å². The second-order valence-corrected chi connectivity index (χ2v) is 10.4. The molecule has 6 heteroatoms. The number of carbonyl (C=O) groups excluding carboxylic acids is 3. The van der Waals surface area contributed by atoms with Gasteiger partial charge in [0, 0.05) is 12.1 Å². The molecule has 2 aromatic carbocycles. The Bertz CT molecular complexity index is 999. The quantitative estimate of drug-likeness (QED) is 0.322. The predicted octanol–water partition coefficient (Wildman–Crippen LogP) is 5.29. The van der Waals surface area contributed by atoms with E-state index in [2.05, 4.69) is 0 Å². The number of nitrogens with zero attached hydrogens (tertiary/aromatic N) is 1. The molecule has 1 unspecified atom stereocenters. The Kier molecular flexibility index (Phi) is 8.20. The molecule has 0 heterocycles. The van der Waals surface area contributed by atoms with Crippen LogP contribution in [0.4, 0.5) is 0 Å². The van der Waals surface area contributed by atoms with Gasteiger partial charge in [-0.25, -0.2) is 0 Å². The highest BCUT2D eigenvalue weighted by molar-refractivity contribution is 6.00. The van der Waals surface area contributed by atoms with Crippen molar-refractivity contribution in [3.05, 3.63) is 59.7 Å². The van der Waals surface area contributed by atoms with E-state index in [1.807, 2.05) is 49.2 Å². The summed E-state index contributed by atoms with van der Waals surface area (Å²) in [5.41, 5.74) is -0.0400. The van der Waals surface area contributed by atoms with E-state index in [1.165, 1.54) is 12.1 Å². The van der Waals surface area contributed by atoms with Gasteiger partial charge in [0.2, 0.25) is 0 Å². The summed E-state index contributed by atoms with van der Waals surface area (Å²) in [6, 6.07) is 14.1. The van der Waals surface area contributed by atoms with Crippen LogP contribution in [0.2, 0.25) is 0 Å². The SMILES string of the molecule is CC(C(=O)c1ccc(OC(=O)C(C)(C)C)c(OC(=O)C(C)(C)C)c1)N(C)Cc1ccccc1. The monoisotopic (exact) mass is 453 g/mol. The number of ether oxygens (including phenoxy) is 2. The van der Waals surface area contributed by atoms with Crippen molar-refractivity contribution in [2.75, 3.05) is 7.05 Å². The molecule has 0 aliphatic heterocycles. The molecule has 0 spiro atoms. The van der Waals surface area contributed by atoms with E-state index in [1.54, 1.807) is 47.6 Å². The van der Waals surface area contributed by atoms with Crippen LogP contribution in [-0.4, -0.2) is 35.7 Å². The Morgan fingerprint density at radius 2 is 1.33 bits per heavy atom. The Labute approximate surface area is 196 Å². The maximum atomic E-state index is 13.2. The van der Waals surface area contributed by atoms with E-state index in [0.29, 0.717) is 12.1 Å². The van der Waals surface area contributed by atoms with Crippen molar-refractivity contribution in [1.29, 1.82) is 0 Å². The summed E-state index contributed by atoms with van der Waals surface area (Å²) in [4.78, 5) is 40.1. The van der Waals surface area contributed by atoms with Crippen LogP contribution in [0, 0.1) is 10.8 Å². The standard InChI is InChI=1S/C27H35NO5/c1-18(28(8)17-19-12-10-9-11-13-19)23(29)20-14-15-21(32-24(30)26(2,3)4)22(16-20)33-25(31)27(5,6)7/h9-16,18H,17H2,1-8H3. The lowest BCUT2D eigenvalue weighted by atomic mass is 9.97. The van der Waals surface area contributed by atoms with Gasteiger partial charge < -0.3 is 9.47 Å². The molecule has 0 fully saturated rings. The fraction of sp³-hybridized carbons (Fsp3) is 0.444. The zero-order valence-corrected chi connectivity index (χ0v) is 20.9. The number of benzene rings is 2. The van der Waals surface area contributed by atoms with Crippen molar-refractivity contribution in [2.24, 2.45) is 10.8 Å². The van der Waals surface area contributed by atoms with Gasteiger partial charge in [-0.3, -0.25) is 19.3 Å². The first kappa shape index (κ1) is 26.3. The molecule has 0 saturated heterocycles. The number of rotatable bonds is 7. The van der Waals surface area contributed by atoms with Crippen LogP contribution in [-0.2, 0) is 16.1 Å². The molecular weight excluding hydrogens is 418 g/mol. The largest absolute Gasteiger partial charge is 0.422 e. The van der Waals surface area contributed by atoms with Gasteiger partial charge in [-0.15, -0.1) is 0 Å². The second-order valence-electron chi connectivity index (χ2n) is 10.4. The Hall–Kier alpha value is -2.99. The van der Waals surface area contributed by atoms with Gasteiger partial charge in [-0.05, 0) is 79.3 Å². The van der Waals surface area contributed by atoms with Crippen LogP contribution in [0.1, 0.15) is 64.4 Å². The molecule has 6 nitrogen and oxygen atoms in total. The molecule has 178 valence electrons. The molecule has 0 saturated carbocycles. The average Bonchev–Trinajstić information content (AvgIpc) is 2.73. The van der Waals surface area contributed by atoms with Gasteiger partial charge in [0.25, 0.3) is 0 Å². The summed E-state index contributed by atoms with van der Waals surface area (Å²) >= 11 is 0. The average molecular weight is 454 g/mol. The smallest absolute Gasteiger partial charge is 0.316 e. The molecule has 33 heavy (non-hydrogen) atoms. The van der Waals surface area contributed by atoms with Gasteiger partial charge in [-0.1, -0.05) is 30.3 Å². The topological polar surface area (TPSA) is 72.9 Å². The fourth-order valence-electron chi connectivity index (χ4n) is 2.78. The number of esters is 2. The zero-order valence-electron chi connectivity index (χ0n) is 20.9. The molecule has 0 aliphatic rings. The van der Waals surface area contributed by atoms with Crippen molar-refractivity contribution < 1.29 is 23.9 Å². The second kappa shape index (κ2) is 10.3. The molecule has 0 aromatic heterocycles. The van der Waals surface area contributed by atoms with Crippen molar-refractivity contribution in [2.45, 2.75) is 61.1 Å². The van der Waals surface area contributed by atoms with Crippen LogP contribution >= 0.6 is 0 Å². The number of ketones is 1. The molecule has 0 N–H and O–H groups in total. The third-order valence-electron chi connectivity index (χ3n) is 5.17. The lowest BCUT2D eigenvalue weighted by Gasteiger charge is -2.24. The normalized spacial score (nSPS) is 12.9. The molecule has 0 radical (unpaired) electrons. The van der Waals surface area contributed by atoms with E-state index in [-0.39, 0.29) is 17.3 Å². The van der Waals surface area contributed by atoms with Crippen molar-refractivity contribution in [3.8, 4) is 11.5 Å². The number of likely N-dealkylation sites (N-methyl/N-ethyl adjacent to an activating group) is 1. The van der Waals surface area contributed by atoms with Gasteiger partial charge >= 0.3 is 11.9 Å². The highest BCUT2D eigenvalue weighted by Gasteiger charge is 2.29. The Morgan fingerprint density at radius 1 is 0.818 bits per heavy atom. The molecule has 1 atom stereocenters. The van der Waals surface area contributed by atoms with Gasteiger partial charge in [-0.2, -0.15) is 0 Å². The Morgan fingerprint density at radius 3 is 1.85 bits per heavy atom. The lowest BCUT2D eigenvalue weighted by molar-refractivity contribution is -0.145. The summed E-state index contributed by atoms with van der Waals surface area (Å²) in [6.45, 7) is 12.8. The first-order chi connectivity index (χ1) is 15.2. The number of hydrogen-bond donors (Lipinski definition) is 0. The molecule has 2 aromatic rings. The molecular formula is C27H35NO5. The minimum atomic E-state index is -0.769. The maximum absolute atomic E-state index is 13.2. The van der Waals surface area contributed by atoms with Crippen LogP contribution in [0.15, 0.2) is 48.5 Å². The van der Waals surface area contributed by atoms with E-state index in [4.69, 9.17) is 9.47 Å². The van der Waals surface area contributed by atoms with Crippen LogP contribution in [0.5, 0.6) is 11.5 Å². The third kappa shape index (κ3) is 7.26. The van der Waals surface area contributed by atoms with E-state index >= 15 is 0 Å². The van der Waals surface area contributed by atoms with Crippen LogP contribution in [0.25, 0.3) is 0 Å². The van der Waals surface area contributed by atoms with Gasteiger partial charge in [0.05, 0.1) is 16.9 Å². The first-order valence-electron chi connectivity index (χ1n) is 11.1. The zero-order chi connectivity index (χ0) is 25.0. The highest BCUT2D eigenvalue weighted by atomic mass is 16.6. The van der Waals surface area contributed by atoms with Crippen LogP contribution in [0.3, 0.4) is 0 Å². The maximum Gasteiger partial charge on any atom is 0.316 e. The highest BCUT2D eigenvalue weighted by Crippen LogP contribution is 2.33. The predicted molar refractivity (Wildman–Crippen MR) is 128 cm³/mol. The summed E-state index contributed by atoms with van der Waals surface area (Å²) < 4.78 is 11.1. The van der Waals surface area contributed by atoms with Crippen molar-refractivity contribution >= 4 is 17.7 Å². The Balaban J connectivity index is 2.32. The molecule has 2 rings (SSSR count). The van der Waals surface area contributed by atoms with Gasteiger partial charge in [0.15, 0.2) is 17.3 Å². The lowest BCUT2D eigenvalue weighted by Crippen LogP contribution is -2.35. The minimum absolute atomic E-state index is 0.0521. The van der Waals surface area contributed by atoms with E-state index < -0.39 is 28.8 Å². The number of Topliss-reactive ketones (excluding diaryl/α,β-unsaturated/α-hetero) is 1. The summed E-state index contributed by atoms with van der Waals surface area (Å²) in [6.07, 6.45) is 0. The molecule has 0 amide bonds. The van der Waals surface area contributed by atoms with E-state index in [9.17, 15) is 14.4 Å². The van der Waals surface area contributed by atoms with E-state index in [0.717, 1.165) is 5.56 Å².